The standard InChI is InChI=1S/C14H14N4O/c1-9-6-10(8-15)14(19)13(7-9)18-16-11-4-2-3-5-12(11)17-18/h2-7,19H,8,15H2,1H3. The van der Waals surface area contributed by atoms with E-state index in [1.165, 1.54) is 4.80 Å². The SMILES string of the molecule is Cc1cc(CN)c(O)c(-n2nc3ccccc3n2)c1. The Morgan fingerprint density at radius 3 is 2.37 bits per heavy atom. The van der Waals surface area contributed by atoms with E-state index in [2.05, 4.69) is 10.2 Å². The summed E-state index contributed by atoms with van der Waals surface area (Å²) in [5.41, 5.74) is 9.46. The molecule has 0 atom stereocenters. The number of aromatic nitrogens is 3. The van der Waals surface area contributed by atoms with Crippen molar-refractivity contribution in [2.24, 2.45) is 5.73 Å². The minimum absolute atomic E-state index is 0.133. The topological polar surface area (TPSA) is 77.0 Å². The maximum absolute atomic E-state index is 10.2. The molecule has 96 valence electrons. The molecule has 0 unspecified atom stereocenters. The number of rotatable bonds is 2. The third-order valence-electron chi connectivity index (χ3n) is 3.04. The van der Waals surface area contributed by atoms with Crippen LogP contribution >= 0.6 is 0 Å². The number of benzene rings is 2. The van der Waals surface area contributed by atoms with Gasteiger partial charge in [-0.25, -0.2) is 0 Å². The molecule has 0 radical (unpaired) electrons. The molecule has 3 N–H and O–H groups in total. The van der Waals surface area contributed by atoms with Crippen molar-refractivity contribution in [3.05, 3.63) is 47.5 Å². The number of nitrogens with zero attached hydrogens (tertiary/aromatic N) is 3. The van der Waals surface area contributed by atoms with Gasteiger partial charge in [0.1, 0.15) is 22.5 Å². The summed E-state index contributed by atoms with van der Waals surface area (Å²) in [6.07, 6.45) is 0. The van der Waals surface area contributed by atoms with Gasteiger partial charge in [-0.1, -0.05) is 18.2 Å². The molecule has 0 spiro atoms. The molecule has 0 aliphatic rings. The molecule has 0 bridgehead atoms. The van der Waals surface area contributed by atoms with Crippen LogP contribution in [-0.4, -0.2) is 20.1 Å². The van der Waals surface area contributed by atoms with Gasteiger partial charge in [0.2, 0.25) is 0 Å². The summed E-state index contributed by atoms with van der Waals surface area (Å²) >= 11 is 0. The molecule has 5 heteroatoms. The molecule has 0 aliphatic carbocycles. The van der Waals surface area contributed by atoms with E-state index in [9.17, 15) is 5.11 Å². The van der Waals surface area contributed by atoms with E-state index in [1.807, 2.05) is 43.3 Å². The van der Waals surface area contributed by atoms with Crippen LogP contribution in [0.15, 0.2) is 36.4 Å². The lowest BCUT2D eigenvalue weighted by Gasteiger charge is -2.09. The molecule has 1 heterocycles. The van der Waals surface area contributed by atoms with Gasteiger partial charge < -0.3 is 10.8 Å². The van der Waals surface area contributed by atoms with Crippen LogP contribution in [0.1, 0.15) is 11.1 Å². The first-order valence-corrected chi connectivity index (χ1v) is 6.04. The van der Waals surface area contributed by atoms with E-state index in [4.69, 9.17) is 5.73 Å². The van der Waals surface area contributed by atoms with Crippen LogP contribution in [-0.2, 0) is 6.54 Å². The summed E-state index contributed by atoms with van der Waals surface area (Å²) in [4.78, 5) is 1.45. The largest absolute Gasteiger partial charge is 0.505 e. The van der Waals surface area contributed by atoms with Gasteiger partial charge in [0.15, 0.2) is 0 Å². The van der Waals surface area contributed by atoms with E-state index in [0.717, 1.165) is 16.6 Å². The van der Waals surface area contributed by atoms with Gasteiger partial charge in [0.25, 0.3) is 0 Å². The highest BCUT2D eigenvalue weighted by atomic mass is 16.3. The fraction of sp³-hybridized carbons (Fsp3) is 0.143. The minimum Gasteiger partial charge on any atom is -0.505 e. The lowest BCUT2D eigenvalue weighted by molar-refractivity contribution is 0.460. The second-order valence-corrected chi connectivity index (χ2v) is 4.47. The quantitative estimate of drug-likeness (QED) is 0.732. The van der Waals surface area contributed by atoms with Crippen LogP contribution in [0.4, 0.5) is 0 Å². The molecule has 0 fully saturated rings. The normalized spacial score (nSPS) is 11.1. The molecule has 0 amide bonds. The Morgan fingerprint density at radius 2 is 1.79 bits per heavy atom. The average molecular weight is 254 g/mol. The van der Waals surface area contributed by atoms with E-state index in [0.29, 0.717) is 11.3 Å². The summed E-state index contributed by atoms with van der Waals surface area (Å²) < 4.78 is 0. The predicted octanol–water partition coefficient (Wildman–Crippen LogP) is 1.89. The summed E-state index contributed by atoms with van der Waals surface area (Å²) in [7, 11) is 0. The summed E-state index contributed by atoms with van der Waals surface area (Å²) in [6, 6.07) is 11.3. The highest BCUT2D eigenvalue weighted by Gasteiger charge is 2.12. The summed E-state index contributed by atoms with van der Waals surface area (Å²) in [6.45, 7) is 2.23. The van der Waals surface area contributed by atoms with Crippen molar-refractivity contribution in [2.75, 3.05) is 0 Å². The first-order chi connectivity index (χ1) is 9.19. The van der Waals surface area contributed by atoms with Crippen molar-refractivity contribution >= 4 is 11.0 Å². The Labute approximate surface area is 110 Å². The van der Waals surface area contributed by atoms with Gasteiger partial charge in [0, 0.05) is 12.1 Å². The van der Waals surface area contributed by atoms with Gasteiger partial charge >= 0.3 is 0 Å². The molecule has 5 nitrogen and oxygen atoms in total. The number of hydrogen-bond acceptors (Lipinski definition) is 4. The van der Waals surface area contributed by atoms with Crippen molar-refractivity contribution in [2.45, 2.75) is 13.5 Å². The third-order valence-corrected chi connectivity index (χ3v) is 3.04. The smallest absolute Gasteiger partial charge is 0.147 e. The van der Waals surface area contributed by atoms with E-state index < -0.39 is 0 Å². The summed E-state index contributed by atoms with van der Waals surface area (Å²) in [5, 5.41) is 18.9. The fourth-order valence-corrected chi connectivity index (χ4v) is 2.11. The molecule has 3 rings (SSSR count). The lowest BCUT2D eigenvalue weighted by atomic mass is 10.1. The van der Waals surface area contributed by atoms with Crippen LogP contribution in [0.2, 0.25) is 0 Å². The van der Waals surface area contributed by atoms with Crippen LogP contribution in [0.3, 0.4) is 0 Å². The summed E-state index contributed by atoms with van der Waals surface area (Å²) in [5.74, 6) is 0.133. The van der Waals surface area contributed by atoms with Crippen LogP contribution in [0, 0.1) is 6.92 Å². The maximum Gasteiger partial charge on any atom is 0.147 e. The predicted molar refractivity (Wildman–Crippen MR) is 73.2 cm³/mol. The molecule has 0 saturated carbocycles. The van der Waals surface area contributed by atoms with Crippen LogP contribution < -0.4 is 5.73 Å². The van der Waals surface area contributed by atoms with E-state index in [1.54, 1.807) is 0 Å². The first kappa shape index (κ1) is 11.7. The van der Waals surface area contributed by atoms with Crippen molar-refractivity contribution < 1.29 is 5.11 Å². The number of phenolic OH excluding ortho intramolecular Hbond substituents is 1. The van der Waals surface area contributed by atoms with Crippen molar-refractivity contribution in [1.29, 1.82) is 0 Å². The molecule has 3 aromatic rings. The molecule has 2 aromatic carbocycles. The van der Waals surface area contributed by atoms with Crippen molar-refractivity contribution in [1.82, 2.24) is 15.0 Å². The molecule has 0 saturated heterocycles. The van der Waals surface area contributed by atoms with E-state index >= 15 is 0 Å². The zero-order chi connectivity index (χ0) is 13.4. The zero-order valence-corrected chi connectivity index (χ0v) is 10.5. The van der Waals surface area contributed by atoms with Crippen LogP contribution in [0.5, 0.6) is 5.75 Å². The number of phenols is 1. The number of fused-ring (bicyclic) bond motifs is 1. The zero-order valence-electron chi connectivity index (χ0n) is 10.5. The second kappa shape index (κ2) is 4.37. The molecular weight excluding hydrogens is 240 g/mol. The highest BCUT2D eigenvalue weighted by molar-refractivity contribution is 5.73. The Balaban J connectivity index is 2.23. The van der Waals surface area contributed by atoms with Gasteiger partial charge in [-0.05, 0) is 30.7 Å². The average Bonchev–Trinajstić information content (AvgIpc) is 2.84. The van der Waals surface area contributed by atoms with E-state index in [-0.39, 0.29) is 12.3 Å². The monoisotopic (exact) mass is 254 g/mol. The Hall–Kier alpha value is -2.40. The molecule has 0 aliphatic heterocycles. The number of aryl methyl sites for hydroxylation is 1. The molecular formula is C14H14N4O. The van der Waals surface area contributed by atoms with Crippen molar-refractivity contribution in [3.63, 3.8) is 0 Å². The number of aromatic hydroxyl groups is 1. The first-order valence-electron chi connectivity index (χ1n) is 6.04. The molecule has 19 heavy (non-hydrogen) atoms. The maximum atomic E-state index is 10.2. The third kappa shape index (κ3) is 1.94. The van der Waals surface area contributed by atoms with Gasteiger partial charge in [-0.15, -0.1) is 15.0 Å². The van der Waals surface area contributed by atoms with Gasteiger partial charge in [-0.3, -0.25) is 0 Å². The fourth-order valence-electron chi connectivity index (χ4n) is 2.11. The molecule has 1 aromatic heterocycles. The van der Waals surface area contributed by atoms with Crippen molar-refractivity contribution in [3.8, 4) is 11.4 Å². The highest BCUT2D eigenvalue weighted by Crippen LogP contribution is 2.27. The van der Waals surface area contributed by atoms with Gasteiger partial charge in [0.05, 0.1) is 0 Å². The Kier molecular flexibility index (Phi) is 2.68. The lowest BCUT2D eigenvalue weighted by Crippen LogP contribution is -2.04. The van der Waals surface area contributed by atoms with Crippen LogP contribution in [0.25, 0.3) is 16.7 Å². The number of nitrogens with two attached hydrogens (primary N) is 1. The second-order valence-electron chi connectivity index (χ2n) is 4.47. The minimum atomic E-state index is 0.133. The Bertz CT molecular complexity index is 715. The number of hydrogen-bond donors (Lipinski definition) is 2. The Morgan fingerprint density at radius 1 is 1.16 bits per heavy atom. The van der Waals surface area contributed by atoms with Gasteiger partial charge in [-0.2, -0.15) is 0 Å².